The van der Waals surface area contributed by atoms with Crippen LogP contribution >= 0.6 is 15.9 Å². The molecule has 0 aliphatic rings. The van der Waals surface area contributed by atoms with Crippen molar-refractivity contribution in [1.82, 2.24) is 5.32 Å². The van der Waals surface area contributed by atoms with Crippen LogP contribution in [0, 0.1) is 12.3 Å². The minimum atomic E-state index is -1.17. The van der Waals surface area contributed by atoms with Gasteiger partial charge in [0.25, 0.3) is 0 Å². The number of amides is 2. The third-order valence-corrected chi connectivity index (χ3v) is 4.25. The highest BCUT2D eigenvalue weighted by atomic mass is 79.9. The summed E-state index contributed by atoms with van der Waals surface area (Å²) in [7, 11) is 0. The minimum absolute atomic E-state index is 0.309. The number of carbonyl (C=O) groups is 2. The van der Waals surface area contributed by atoms with Gasteiger partial charge in [-0.3, -0.25) is 9.59 Å². The molecule has 0 fully saturated rings. The van der Waals surface area contributed by atoms with E-state index < -0.39 is 5.41 Å². The van der Waals surface area contributed by atoms with Gasteiger partial charge >= 0.3 is 0 Å². The number of hydrogen-bond acceptors (Lipinski definition) is 2. The van der Waals surface area contributed by atoms with Gasteiger partial charge in [0.1, 0.15) is 5.41 Å². The molecule has 0 unspecified atom stereocenters. The van der Waals surface area contributed by atoms with Gasteiger partial charge in [0.15, 0.2) is 0 Å². The third kappa shape index (κ3) is 4.68. The van der Waals surface area contributed by atoms with E-state index in [9.17, 15) is 9.59 Å². The molecule has 2 rings (SSSR count). The quantitative estimate of drug-likeness (QED) is 0.759. The molecule has 0 heterocycles. The van der Waals surface area contributed by atoms with Crippen molar-refractivity contribution in [2.24, 2.45) is 5.41 Å². The van der Waals surface area contributed by atoms with E-state index in [1.165, 1.54) is 0 Å². The standard InChI is InChI=1S/C19H21BrN2O2/c1-13-6-4-7-14(10-13)12-21-17(23)19(2,3)18(24)22-16-9-5-8-15(20)11-16/h4-11H,12H2,1-3H3,(H,21,23)(H,22,24). The Morgan fingerprint density at radius 3 is 2.42 bits per heavy atom. The number of anilines is 1. The van der Waals surface area contributed by atoms with Crippen LogP contribution < -0.4 is 10.6 Å². The molecule has 2 amide bonds. The van der Waals surface area contributed by atoms with E-state index in [2.05, 4.69) is 26.6 Å². The van der Waals surface area contributed by atoms with Crippen LogP contribution in [0.1, 0.15) is 25.0 Å². The lowest BCUT2D eigenvalue weighted by Gasteiger charge is -2.23. The Balaban J connectivity index is 1.99. The van der Waals surface area contributed by atoms with Crippen molar-refractivity contribution in [3.8, 4) is 0 Å². The molecule has 0 spiro atoms. The van der Waals surface area contributed by atoms with E-state index in [0.29, 0.717) is 12.2 Å². The largest absolute Gasteiger partial charge is 0.351 e. The molecule has 5 heteroatoms. The van der Waals surface area contributed by atoms with Crippen LogP contribution in [0.2, 0.25) is 0 Å². The second-order valence-electron chi connectivity index (χ2n) is 6.26. The average Bonchev–Trinajstić information content (AvgIpc) is 2.52. The fraction of sp³-hybridized carbons (Fsp3) is 0.263. The van der Waals surface area contributed by atoms with Gasteiger partial charge < -0.3 is 10.6 Å². The number of benzene rings is 2. The zero-order valence-corrected chi connectivity index (χ0v) is 15.6. The highest BCUT2D eigenvalue weighted by Crippen LogP contribution is 2.21. The van der Waals surface area contributed by atoms with Crippen LogP contribution in [0.4, 0.5) is 5.69 Å². The Morgan fingerprint density at radius 1 is 1.04 bits per heavy atom. The maximum atomic E-state index is 12.5. The summed E-state index contributed by atoms with van der Waals surface area (Å²) in [4.78, 5) is 24.9. The van der Waals surface area contributed by atoms with Crippen molar-refractivity contribution in [1.29, 1.82) is 0 Å². The third-order valence-electron chi connectivity index (χ3n) is 3.75. The van der Waals surface area contributed by atoms with Gasteiger partial charge in [-0.1, -0.05) is 51.8 Å². The molecular formula is C19H21BrN2O2. The Labute approximate surface area is 150 Å². The highest BCUT2D eigenvalue weighted by molar-refractivity contribution is 9.10. The van der Waals surface area contributed by atoms with E-state index in [1.807, 2.05) is 43.3 Å². The first-order chi connectivity index (χ1) is 11.3. The predicted molar refractivity (Wildman–Crippen MR) is 99.6 cm³/mol. The summed E-state index contributed by atoms with van der Waals surface area (Å²) in [5, 5.41) is 5.62. The van der Waals surface area contributed by atoms with Gasteiger partial charge in [-0.2, -0.15) is 0 Å². The lowest BCUT2D eigenvalue weighted by Crippen LogP contribution is -2.44. The lowest BCUT2D eigenvalue weighted by atomic mass is 9.90. The lowest BCUT2D eigenvalue weighted by molar-refractivity contribution is -0.138. The van der Waals surface area contributed by atoms with E-state index >= 15 is 0 Å². The second kappa shape index (κ2) is 7.62. The van der Waals surface area contributed by atoms with Crippen LogP contribution in [0.3, 0.4) is 0 Å². The Bertz CT molecular complexity index is 757. The Morgan fingerprint density at radius 2 is 1.75 bits per heavy atom. The molecule has 0 aliphatic carbocycles. The van der Waals surface area contributed by atoms with Crippen molar-refractivity contribution >= 4 is 33.4 Å². The Hall–Kier alpha value is -2.14. The van der Waals surface area contributed by atoms with Crippen molar-refractivity contribution in [2.75, 3.05) is 5.32 Å². The van der Waals surface area contributed by atoms with E-state index in [-0.39, 0.29) is 11.8 Å². The smallest absolute Gasteiger partial charge is 0.239 e. The summed E-state index contributed by atoms with van der Waals surface area (Å²) >= 11 is 3.36. The summed E-state index contributed by atoms with van der Waals surface area (Å²) in [6, 6.07) is 15.2. The van der Waals surface area contributed by atoms with Crippen molar-refractivity contribution < 1.29 is 9.59 Å². The molecule has 0 saturated carbocycles. The van der Waals surface area contributed by atoms with E-state index in [4.69, 9.17) is 0 Å². The van der Waals surface area contributed by atoms with E-state index in [1.54, 1.807) is 26.0 Å². The number of carbonyl (C=O) groups excluding carboxylic acids is 2. The topological polar surface area (TPSA) is 58.2 Å². The summed E-state index contributed by atoms with van der Waals surface area (Å²) < 4.78 is 0.863. The zero-order valence-electron chi connectivity index (χ0n) is 14.0. The van der Waals surface area contributed by atoms with Gasteiger partial charge in [0.05, 0.1) is 0 Å². The molecule has 0 aromatic heterocycles. The molecule has 2 N–H and O–H groups in total. The monoisotopic (exact) mass is 388 g/mol. The fourth-order valence-electron chi connectivity index (χ4n) is 2.18. The second-order valence-corrected chi connectivity index (χ2v) is 7.18. The first-order valence-electron chi connectivity index (χ1n) is 7.70. The number of nitrogens with one attached hydrogen (secondary N) is 2. The van der Waals surface area contributed by atoms with Crippen LogP contribution in [-0.4, -0.2) is 11.8 Å². The van der Waals surface area contributed by atoms with Crippen LogP contribution in [0.25, 0.3) is 0 Å². The van der Waals surface area contributed by atoms with Gasteiger partial charge in [0.2, 0.25) is 11.8 Å². The van der Waals surface area contributed by atoms with Crippen LogP contribution in [-0.2, 0) is 16.1 Å². The maximum absolute atomic E-state index is 12.5. The molecule has 0 bridgehead atoms. The summed E-state index contributed by atoms with van der Waals surface area (Å²) in [6.07, 6.45) is 0. The zero-order chi connectivity index (χ0) is 17.7. The predicted octanol–water partition coefficient (Wildman–Crippen LogP) is 4.04. The fourth-order valence-corrected chi connectivity index (χ4v) is 2.58. The van der Waals surface area contributed by atoms with E-state index in [0.717, 1.165) is 15.6 Å². The highest BCUT2D eigenvalue weighted by Gasteiger charge is 2.35. The maximum Gasteiger partial charge on any atom is 0.239 e. The molecule has 0 atom stereocenters. The SMILES string of the molecule is Cc1cccc(CNC(=O)C(C)(C)C(=O)Nc2cccc(Br)c2)c1. The van der Waals surface area contributed by atoms with Crippen LogP contribution in [0.5, 0.6) is 0 Å². The number of aryl methyl sites for hydroxylation is 1. The molecule has 4 nitrogen and oxygen atoms in total. The van der Waals surface area contributed by atoms with Gasteiger partial charge in [-0.15, -0.1) is 0 Å². The van der Waals surface area contributed by atoms with Gasteiger partial charge in [0, 0.05) is 16.7 Å². The normalized spacial score (nSPS) is 11.0. The van der Waals surface area contributed by atoms with Gasteiger partial charge in [-0.05, 0) is 44.5 Å². The summed E-state index contributed by atoms with van der Waals surface area (Å²) in [6.45, 7) is 5.63. The van der Waals surface area contributed by atoms with Crippen molar-refractivity contribution in [3.05, 3.63) is 64.1 Å². The number of rotatable bonds is 5. The van der Waals surface area contributed by atoms with Crippen LogP contribution in [0.15, 0.2) is 53.0 Å². The molecule has 24 heavy (non-hydrogen) atoms. The number of halogens is 1. The Kier molecular flexibility index (Phi) is 5.78. The average molecular weight is 389 g/mol. The molecule has 2 aromatic carbocycles. The van der Waals surface area contributed by atoms with Crippen molar-refractivity contribution in [2.45, 2.75) is 27.3 Å². The first-order valence-corrected chi connectivity index (χ1v) is 8.49. The molecule has 0 radical (unpaired) electrons. The summed E-state index contributed by atoms with van der Waals surface area (Å²) in [5.41, 5.74) is 1.61. The molecular weight excluding hydrogens is 368 g/mol. The summed E-state index contributed by atoms with van der Waals surface area (Å²) in [5.74, 6) is -0.654. The minimum Gasteiger partial charge on any atom is -0.351 e. The molecule has 0 aliphatic heterocycles. The van der Waals surface area contributed by atoms with Gasteiger partial charge in [-0.25, -0.2) is 0 Å². The molecule has 2 aromatic rings. The first kappa shape index (κ1) is 18.2. The molecule has 126 valence electrons. The van der Waals surface area contributed by atoms with Crippen molar-refractivity contribution in [3.63, 3.8) is 0 Å². The number of hydrogen-bond donors (Lipinski definition) is 2. The molecule has 0 saturated heterocycles.